The number of nitrogens with zero attached hydrogens (tertiary/aromatic N) is 3. The Balaban J connectivity index is 1.23. The quantitative estimate of drug-likeness (QED) is 0.186. The number of hydrogen-bond acceptors (Lipinski definition) is 4. The molecular formula is C47H29N3O. The van der Waals surface area contributed by atoms with Crippen molar-refractivity contribution in [2.45, 2.75) is 0 Å². The Labute approximate surface area is 294 Å². The molecule has 0 unspecified atom stereocenters. The summed E-state index contributed by atoms with van der Waals surface area (Å²) in [5.41, 5.74) is 8.88. The van der Waals surface area contributed by atoms with E-state index in [1.54, 1.807) is 0 Å². The second-order valence-corrected chi connectivity index (χ2v) is 12.8. The Kier molecular flexibility index (Phi) is 6.78. The van der Waals surface area contributed by atoms with E-state index in [9.17, 15) is 0 Å². The van der Waals surface area contributed by atoms with E-state index in [2.05, 4.69) is 133 Å². The van der Waals surface area contributed by atoms with Crippen molar-refractivity contribution in [2.75, 3.05) is 0 Å². The zero-order valence-electron chi connectivity index (χ0n) is 27.5. The van der Waals surface area contributed by atoms with Gasteiger partial charge >= 0.3 is 0 Å². The summed E-state index contributed by atoms with van der Waals surface area (Å²) in [6.45, 7) is 0. The van der Waals surface area contributed by atoms with E-state index >= 15 is 0 Å². The molecule has 2 heterocycles. The molecule has 2 aromatic heterocycles. The first kappa shape index (κ1) is 29.0. The van der Waals surface area contributed by atoms with E-state index in [0.717, 1.165) is 71.3 Å². The van der Waals surface area contributed by atoms with Gasteiger partial charge in [-0.1, -0.05) is 146 Å². The van der Waals surface area contributed by atoms with E-state index in [0.29, 0.717) is 17.5 Å². The van der Waals surface area contributed by atoms with Crippen molar-refractivity contribution in [1.82, 2.24) is 15.0 Å². The minimum atomic E-state index is 0.594. The van der Waals surface area contributed by atoms with Gasteiger partial charge < -0.3 is 4.42 Å². The van der Waals surface area contributed by atoms with E-state index < -0.39 is 0 Å². The summed E-state index contributed by atoms with van der Waals surface area (Å²) in [5.74, 6) is 1.83. The molecule has 0 saturated carbocycles. The van der Waals surface area contributed by atoms with Crippen molar-refractivity contribution < 1.29 is 4.42 Å². The average molecular weight is 652 g/mol. The van der Waals surface area contributed by atoms with Crippen LogP contribution in [0.15, 0.2) is 180 Å². The third kappa shape index (κ3) is 5.13. The Bertz CT molecular complexity index is 2900. The first-order chi connectivity index (χ1) is 25.2. The molecule has 51 heavy (non-hydrogen) atoms. The van der Waals surface area contributed by atoms with Gasteiger partial charge in [0, 0.05) is 27.5 Å². The molecule has 0 aliphatic heterocycles. The lowest BCUT2D eigenvalue weighted by Crippen LogP contribution is -2.00. The predicted octanol–water partition coefficient (Wildman–Crippen LogP) is 12.4. The maximum atomic E-state index is 6.63. The molecule has 0 amide bonds. The summed E-state index contributed by atoms with van der Waals surface area (Å²) < 4.78 is 6.63. The fourth-order valence-corrected chi connectivity index (χ4v) is 7.18. The van der Waals surface area contributed by atoms with Crippen molar-refractivity contribution >= 4 is 43.5 Å². The van der Waals surface area contributed by atoms with Gasteiger partial charge in [0.15, 0.2) is 17.5 Å². The van der Waals surface area contributed by atoms with Gasteiger partial charge in [0.25, 0.3) is 0 Å². The fourth-order valence-electron chi connectivity index (χ4n) is 7.18. The normalized spacial score (nSPS) is 11.5. The zero-order valence-corrected chi connectivity index (χ0v) is 27.5. The van der Waals surface area contributed by atoms with Gasteiger partial charge in [-0.15, -0.1) is 0 Å². The summed E-state index contributed by atoms with van der Waals surface area (Å²) in [6.07, 6.45) is 0. The van der Waals surface area contributed by atoms with Gasteiger partial charge in [0.1, 0.15) is 11.2 Å². The highest BCUT2D eigenvalue weighted by Gasteiger charge is 2.21. The van der Waals surface area contributed by atoms with Crippen LogP contribution in [0.2, 0.25) is 0 Å². The molecule has 0 aliphatic rings. The molecule has 0 N–H and O–H groups in total. The average Bonchev–Trinajstić information content (AvgIpc) is 3.60. The van der Waals surface area contributed by atoms with Crippen LogP contribution in [0.5, 0.6) is 0 Å². The zero-order chi connectivity index (χ0) is 33.7. The number of rotatable bonds is 5. The fraction of sp³-hybridized carbons (Fsp3) is 0. The molecule has 0 atom stereocenters. The lowest BCUT2D eigenvalue weighted by molar-refractivity contribution is 0.669. The number of hydrogen-bond donors (Lipinski definition) is 0. The van der Waals surface area contributed by atoms with Gasteiger partial charge in [-0.3, -0.25) is 0 Å². The summed E-state index contributed by atoms with van der Waals surface area (Å²) in [6, 6.07) is 61.0. The molecule has 0 fully saturated rings. The Hall–Kier alpha value is -6.91. The molecule has 0 saturated heterocycles. The topological polar surface area (TPSA) is 51.8 Å². The van der Waals surface area contributed by atoms with Crippen LogP contribution in [0.25, 0.3) is 99.9 Å². The molecular weight excluding hydrogens is 623 g/mol. The molecule has 0 spiro atoms. The molecule has 10 rings (SSSR count). The van der Waals surface area contributed by atoms with Crippen LogP contribution in [-0.2, 0) is 0 Å². The number of furan rings is 1. The Morgan fingerprint density at radius 2 is 0.863 bits per heavy atom. The van der Waals surface area contributed by atoms with E-state index in [-0.39, 0.29) is 0 Å². The van der Waals surface area contributed by atoms with Crippen LogP contribution in [0, 0.1) is 0 Å². The van der Waals surface area contributed by atoms with Crippen molar-refractivity contribution in [3.05, 3.63) is 176 Å². The second-order valence-electron chi connectivity index (χ2n) is 12.8. The first-order valence-corrected chi connectivity index (χ1v) is 17.1. The Morgan fingerprint density at radius 1 is 0.314 bits per heavy atom. The SMILES string of the molecule is c1ccc(-c2ccc3cc(-c4nc(-c5ccccc5)nc(-c5cc(-c6ccccc6)cc6oc7ccc8ccccc8c7c56)n4)ccc3c2)cc1. The van der Waals surface area contributed by atoms with E-state index in [1.807, 2.05) is 42.5 Å². The van der Waals surface area contributed by atoms with Crippen LogP contribution in [0.1, 0.15) is 0 Å². The van der Waals surface area contributed by atoms with Gasteiger partial charge in [-0.05, 0) is 74.1 Å². The van der Waals surface area contributed by atoms with Crippen LogP contribution in [0.4, 0.5) is 0 Å². The number of benzene rings is 8. The lowest BCUT2D eigenvalue weighted by Gasteiger charge is -2.12. The number of aromatic nitrogens is 3. The van der Waals surface area contributed by atoms with Crippen LogP contribution >= 0.6 is 0 Å². The molecule has 8 aromatic carbocycles. The highest BCUT2D eigenvalue weighted by Crippen LogP contribution is 2.42. The summed E-state index contributed by atoms with van der Waals surface area (Å²) in [7, 11) is 0. The van der Waals surface area contributed by atoms with Gasteiger partial charge in [-0.2, -0.15) is 0 Å². The Morgan fingerprint density at radius 3 is 1.59 bits per heavy atom. The monoisotopic (exact) mass is 651 g/mol. The van der Waals surface area contributed by atoms with E-state index in [1.165, 1.54) is 11.1 Å². The molecule has 0 aliphatic carbocycles. The molecule has 0 bridgehead atoms. The van der Waals surface area contributed by atoms with Crippen LogP contribution in [0.3, 0.4) is 0 Å². The summed E-state index contributed by atoms with van der Waals surface area (Å²) >= 11 is 0. The van der Waals surface area contributed by atoms with Crippen LogP contribution < -0.4 is 0 Å². The molecule has 10 aromatic rings. The number of fused-ring (bicyclic) bond motifs is 6. The standard InChI is InChI=1S/C47H29N3O/c1-4-12-30(13-5-1)34-20-21-36-27-37(23-22-35(36)26-34)46-48-45(33-17-8-3-9-18-33)49-47(50-46)40-28-38(31-14-6-2-7-15-31)29-42-44(40)43-39-19-11-10-16-32(39)24-25-41(43)51-42/h1-29H. The maximum Gasteiger partial charge on any atom is 0.164 e. The predicted molar refractivity (Wildman–Crippen MR) is 209 cm³/mol. The highest BCUT2D eigenvalue weighted by molar-refractivity contribution is 6.23. The molecule has 238 valence electrons. The second kappa shape index (κ2) is 11.9. The van der Waals surface area contributed by atoms with E-state index in [4.69, 9.17) is 19.4 Å². The smallest absolute Gasteiger partial charge is 0.164 e. The van der Waals surface area contributed by atoms with Crippen LogP contribution in [-0.4, -0.2) is 15.0 Å². The summed E-state index contributed by atoms with van der Waals surface area (Å²) in [5, 5.41) is 6.61. The van der Waals surface area contributed by atoms with Crippen molar-refractivity contribution in [1.29, 1.82) is 0 Å². The van der Waals surface area contributed by atoms with Crippen molar-refractivity contribution in [3.8, 4) is 56.4 Å². The molecule has 0 radical (unpaired) electrons. The first-order valence-electron chi connectivity index (χ1n) is 17.1. The minimum absolute atomic E-state index is 0.594. The van der Waals surface area contributed by atoms with Crippen molar-refractivity contribution in [2.24, 2.45) is 0 Å². The maximum absolute atomic E-state index is 6.63. The van der Waals surface area contributed by atoms with Gasteiger partial charge in [-0.25, -0.2) is 15.0 Å². The van der Waals surface area contributed by atoms with Gasteiger partial charge in [0.05, 0.1) is 0 Å². The highest BCUT2D eigenvalue weighted by atomic mass is 16.3. The molecule has 4 nitrogen and oxygen atoms in total. The largest absolute Gasteiger partial charge is 0.456 e. The summed E-state index contributed by atoms with van der Waals surface area (Å²) in [4.78, 5) is 15.5. The third-order valence-electron chi connectivity index (χ3n) is 9.68. The lowest BCUT2D eigenvalue weighted by atomic mass is 9.96. The molecule has 4 heteroatoms. The third-order valence-corrected chi connectivity index (χ3v) is 9.68. The minimum Gasteiger partial charge on any atom is -0.456 e. The van der Waals surface area contributed by atoms with Crippen molar-refractivity contribution in [3.63, 3.8) is 0 Å². The van der Waals surface area contributed by atoms with Gasteiger partial charge in [0.2, 0.25) is 0 Å².